The third-order valence-electron chi connectivity index (χ3n) is 3.47. The third kappa shape index (κ3) is 2.18. The zero-order valence-corrected chi connectivity index (χ0v) is 11.1. The van der Waals surface area contributed by atoms with E-state index in [2.05, 4.69) is 0 Å². The number of nitrogens with zero attached hydrogens (tertiary/aromatic N) is 1. The molecule has 1 heterocycles. The molecule has 18 heavy (non-hydrogen) atoms. The van der Waals surface area contributed by atoms with Crippen molar-refractivity contribution in [2.45, 2.75) is 19.4 Å². The quantitative estimate of drug-likeness (QED) is 0.862. The molecular formula is C13H16ClNO3. The lowest BCUT2D eigenvalue weighted by atomic mass is 9.82. The van der Waals surface area contributed by atoms with E-state index in [-0.39, 0.29) is 23.1 Å². The summed E-state index contributed by atoms with van der Waals surface area (Å²) < 4.78 is 0. The van der Waals surface area contributed by atoms with E-state index in [1.807, 2.05) is 13.8 Å². The molecule has 1 aliphatic heterocycles. The molecule has 1 saturated heterocycles. The van der Waals surface area contributed by atoms with Gasteiger partial charge in [-0.15, -0.1) is 0 Å². The first kappa shape index (κ1) is 13.2. The maximum Gasteiger partial charge on any atom is 0.255 e. The molecule has 1 fully saturated rings. The van der Waals surface area contributed by atoms with E-state index in [1.54, 1.807) is 0 Å². The fourth-order valence-corrected chi connectivity index (χ4v) is 2.17. The number of β-amino-alcohol motifs (C(OH)–C–C–N with tert-alkyl or cyclic N) is 1. The van der Waals surface area contributed by atoms with Crippen LogP contribution in [0.25, 0.3) is 0 Å². The minimum atomic E-state index is -0.807. The first-order valence-corrected chi connectivity index (χ1v) is 6.21. The second-order valence-electron chi connectivity index (χ2n) is 5.08. The average molecular weight is 270 g/mol. The van der Waals surface area contributed by atoms with Crippen molar-refractivity contribution >= 4 is 17.5 Å². The van der Waals surface area contributed by atoms with Crippen LogP contribution in [0.15, 0.2) is 18.2 Å². The van der Waals surface area contributed by atoms with Crippen molar-refractivity contribution in [3.63, 3.8) is 0 Å². The first-order valence-electron chi connectivity index (χ1n) is 5.83. The highest BCUT2D eigenvalue weighted by molar-refractivity contribution is 6.33. The molecule has 5 heteroatoms. The van der Waals surface area contributed by atoms with Gasteiger partial charge in [0.15, 0.2) is 0 Å². The van der Waals surface area contributed by atoms with E-state index < -0.39 is 5.60 Å². The third-order valence-corrected chi connectivity index (χ3v) is 3.80. The molecule has 0 spiro atoms. The van der Waals surface area contributed by atoms with Crippen LogP contribution in [0, 0.1) is 5.92 Å². The van der Waals surface area contributed by atoms with Crippen LogP contribution in [0.2, 0.25) is 5.02 Å². The summed E-state index contributed by atoms with van der Waals surface area (Å²) in [6.07, 6.45) is 0. The predicted molar refractivity (Wildman–Crippen MR) is 68.8 cm³/mol. The number of halogens is 1. The smallest absolute Gasteiger partial charge is 0.255 e. The van der Waals surface area contributed by atoms with Gasteiger partial charge in [0, 0.05) is 0 Å². The summed E-state index contributed by atoms with van der Waals surface area (Å²) >= 11 is 5.93. The maximum absolute atomic E-state index is 12.1. The molecule has 1 aromatic carbocycles. The van der Waals surface area contributed by atoms with Gasteiger partial charge in [-0.2, -0.15) is 0 Å². The summed E-state index contributed by atoms with van der Waals surface area (Å²) in [5.74, 6) is -0.162. The second kappa shape index (κ2) is 4.44. The minimum absolute atomic E-state index is 0.00222. The van der Waals surface area contributed by atoms with Gasteiger partial charge >= 0.3 is 0 Å². The monoisotopic (exact) mass is 269 g/mol. The van der Waals surface area contributed by atoms with Gasteiger partial charge in [0.05, 0.1) is 23.7 Å². The number of aromatic hydroxyl groups is 1. The summed E-state index contributed by atoms with van der Waals surface area (Å²) in [5.41, 5.74) is -0.540. The van der Waals surface area contributed by atoms with Gasteiger partial charge in [0.1, 0.15) is 11.4 Å². The summed E-state index contributed by atoms with van der Waals surface area (Å²) in [5, 5.41) is 19.8. The highest BCUT2D eigenvalue weighted by Crippen LogP contribution is 2.31. The highest BCUT2D eigenvalue weighted by atomic mass is 35.5. The van der Waals surface area contributed by atoms with Crippen molar-refractivity contribution in [1.82, 2.24) is 4.90 Å². The van der Waals surface area contributed by atoms with Crippen molar-refractivity contribution < 1.29 is 15.0 Å². The van der Waals surface area contributed by atoms with E-state index >= 15 is 0 Å². The molecule has 0 atom stereocenters. The number of hydrogen-bond donors (Lipinski definition) is 2. The topological polar surface area (TPSA) is 60.8 Å². The molecule has 4 nitrogen and oxygen atoms in total. The zero-order valence-electron chi connectivity index (χ0n) is 10.4. The summed E-state index contributed by atoms with van der Waals surface area (Å²) in [7, 11) is 0. The van der Waals surface area contributed by atoms with Gasteiger partial charge in [0.2, 0.25) is 0 Å². The van der Waals surface area contributed by atoms with E-state index in [0.717, 1.165) is 0 Å². The van der Waals surface area contributed by atoms with Gasteiger partial charge in [0.25, 0.3) is 5.91 Å². The van der Waals surface area contributed by atoms with Crippen LogP contribution in [0.3, 0.4) is 0 Å². The molecule has 98 valence electrons. The highest BCUT2D eigenvalue weighted by Gasteiger charge is 2.46. The fourth-order valence-electron chi connectivity index (χ4n) is 1.97. The van der Waals surface area contributed by atoms with Crippen LogP contribution in [-0.2, 0) is 0 Å². The SMILES string of the molecule is CC(C)C1(O)CN(C(=O)c2cc(O)ccc2Cl)C1. The Morgan fingerprint density at radius 2 is 2.06 bits per heavy atom. The molecule has 0 saturated carbocycles. The number of phenols is 1. The molecule has 0 aliphatic carbocycles. The maximum atomic E-state index is 12.1. The Morgan fingerprint density at radius 3 is 2.61 bits per heavy atom. The number of rotatable bonds is 2. The molecule has 0 aromatic heterocycles. The van der Waals surface area contributed by atoms with Gasteiger partial charge in [-0.25, -0.2) is 0 Å². The summed E-state index contributed by atoms with van der Waals surface area (Å²) in [4.78, 5) is 13.7. The van der Waals surface area contributed by atoms with Crippen LogP contribution >= 0.6 is 11.6 Å². The lowest BCUT2D eigenvalue weighted by molar-refractivity contribution is -0.110. The summed E-state index contributed by atoms with van der Waals surface area (Å²) in [6, 6.07) is 4.26. The Hall–Kier alpha value is -1.26. The van der Waals surface area contributed by atoms with Crippen molar-refractivity contribution in [2.75, 3.05) is 13.1 Å². The van der Waals surface area contributed by atoms with Gasteiger partial charge in [-0.1, -0.05) is 25.4 Å². The van der Waals surface area contributed by atoms with Gasteiger partial charge in [-0.05, 0) is 24.1 Å². The fraction of sp³-hybridized carbons (Fsp3) is 0.462. The number of carbonyl (C=O) groups is 1. The number of carbonyl (C=O) groups excluding carboxylic acids is 1. The van der Waals surface area contributed by atoms with Crippen LogP contribution in [0.4, 0.5) is 0 Å². The van der Waals surface area contributed by atoms with Gasteiger partial charge in [-0.3, -0.25) is 4.79 Å². The number of likely N-dealkylation sites (tertiary alicyclic amines) is 1. The number of benzene rings is 1. The van der Waals surface area contributed by atoms with Crippen molar-refractivity contribution in [2.24, 2.45) is 5.92 Å². The van der Waals surface area contributed by atoms with E-state index in [4.69, 9.17) is 11.6 Å². The van der Waals surface area contributed by atoms with Crippen molar-refractivity contribution in [3.05, 3.63) is 28.8 Å². The molecule has 2 rings (SSSR count). The molecule has 2 N–H and O–H groups in total. The summed E-state index contributed by atoms with van der Waals surface area (Å²) in [6.45, 7) is 4.44. The Bertz CT molecular complexity index is 481. The minimum Gasteiger partial charge on any atom is -0.508 e. The average Bonchev–Trinajstić information content (AvgIpc) is 2.27. The number of aliphatic hydroxyl groups is 1. The predicted octanol–water partition coefficient (Wildman–Crippen LogP) is 1.89. The van der Waals surface area contributed by atoms with Crippen LogP contribution in [-0.4, -0.2) is 39.7 Å². The standard InChI is InChI=1S/C13H16ClNO3/c1-8(2)13(18)6-15(7-13)12(17)10-5-9(16)3-4-11(10)14/h3-5,8,16,18H,6-7H2,1-2H3. The van der Waals surface area contributed by atoms with E-state index in [9.17, 15) is 15.0 Å². The zero-order chi connectivity index (χ0) is 13.5. The van der Waals surface area contributed by atoms with Crippen LogP contribution in [0.5, 0.6) is 5.75 Å². The number of hydrogen-bond acceptors (Lipinski definition) is 3. The molecule has 1 aromatic rings. The van der Waals surface area contributed by atoms with E-state index in [1.165, 1.54) is 23.1 Å². The Kier molecular flexibility index (Phi) is 3.25. The molecular weight excluding hydrogens is 254 g/mol. The molecule has 1 aliphatic rings. The van der Waals surface area contributed by atoms with Crippen LogP contribution in [0.1, 0.15) is 24.2 Å². The van der Waals surface area contributed by atoms with Gasteiger partial charge < -0.3 is 15.1 Å². The largest absolute Gasteiger partial charge is 0.508 e. The van der Waals surface area contributed by atoms with Crippen LogP contribution < -0.4 is 0 Å². The normalized spacial score (nSPS) is 17.7. The molecule has 1 amide bonds. The van der Waals surface area contributed by atoms with Crippen molar-refractivity contribution in [1.29, 1.82) is 0 Å². The Labute approximate surface area is 111 Å². The first-order chi connectivity index (χ1) is 8.33. The lowest BCUT2D eigenvalue weighted by Crippen LogP contribution is -2.65. The van der Waals surface area contributed by atoms with E-state index in [0.29, 0.717) is 18.1 Å². The molecule has 0 radical (unpaired) electrons. The lowest BCUT2D eigenvalue weighted by Gasteiger charge is -2.49. The Balaban J connectivity index is 2.13. The Morgan fingerprint density at radius 1 is 1.44 bits per heavy atom. The molecule has 0 bridgehead atoms. The number of phenolic OH excluding ortho intramolecular Hbond substituents is 1. The second-order valence-corrected chi connectivity index (χ2v) is 5.49. The number of amides is 1. The van der Waals surface area contributed by atoms with Crippen molar-refractivity contribution in [3.8, 4) is 5.75 Å². The molecule has 0 unspecified atom stereocenters.